The normalized spacial score (nSPS) is 12.9. The second-order valence-electron chi connectivity index (χ2n) is 10.3. The molecule has 0 aliphatic heterocycles. The number of benzene rings is 3. The van der Waals surface area contributed by atoms with Gasteiger partial charge in [-0.1, -0.05) is 62.6 Å². The summed E-state index contributed by atoms with van der Waals surface area (Å²) in [6, 6.07) is 11.1. The zero-order valence-corrected chi connectivity index (χ0v) is 24.5. The van der Waals surface area contributed by atoms with Crippen LogP contribution in [0.2, 0.25) is 0 Å². The van der Waals surface area contributed by atoms with Crippen LogP contribution < -0.4 is 0 Å². The molecular formula is C35H34O10. The molecule has 0 fully saturated rings. The minimum atomic E-state index is -2.85. The number of phenolic OH excluding ortho intramolecular Hbond substituents is 6. The summed E-state index contributed by atoms with van der Waals surface area (Å²) >= 11 is 0. The molecule has 0 heterocycles. The van der Waals surface area contributed by atoms with Gasteiger partial charge in [0.05, 0.1) is 0 Å². The third-order valence-corrected chi connectivity index (χ3v) is 7.06. The van der Waals surface area contributed by atoms with Gasteiger partial charge in [0.2, 0.25) is 5.41 Å². The number of phenols is 6. The summed E-state index contributed by atoms with van der Waals surface area (Å²) in [4.78, 5) is 55.7. The summed E-state index contributed by atoms with van der Waals surface area (Å²) in [5.74, 6) is -7.04. The van der Waals surface area contributed by atoms with E-state index in [-0.39, 0.29) is 23.1 Å². The highest BCUT2D eigenvalue weighted by molar-refractivity contribution is 6.45. The molecule has 3 rings (SSSR count). The largest absolute Gasteiger partial charge is 0.504 e. The number of hydrogen-bond acceptors (Lipinski definition) is 10. The molecule has 0 saturated heterocycles. The number of aromatic hydroxyl groups is 6. The molecule has 3 aromatic carbocycles. The van der Waals surface area contributed by atoms with Crippen molar-refractivity contribution in [2.75, 3.05) is 0 Å². The van der Waals surface area contributed by atoms with Gasteiger partial charge in [-0.3, -0.25) is 19.2 Å². The Kier molecular flexibility index (Phi) is 11.4. The zero-order chi connectivity index (χ0) is 33.1. The number of carbonyl (C=O) groups excluding carboxylic acids is 4. The lowest BCUT2D eigenvalue weighted by Crippen LogP contribution is -2.51. The highest BCUT2D eigenvalue weighted by atomic mass is 16.3. The zero-order valence-electron chi connectivity index (χ0n) is 24.5. The molecule has 0 aliphatic rings. The monoisotopic (exact) mass is 614 g/mol. The van der Waals surface area contributed by atoms with E-state index in [0.29, 0.717) is 12.8 Å². The molecule has 10 heteroatoms. The van der Waals surface area contributed by atoms with E-state index in [1.54, 1.807) is 0 Å². The van der Waals surface area contributed by atoms with Gasteiger partial charge in [-0.15, -0.1) is 0 Å². The first-order valence-corrected chi connectivity index (χ1v) is 14.2. The highest BCUT2D eigenvalue weighted by Gasteiger charge is 2.54. The van der Waals surface area contributed by atoms with Crippen LogP contribution in [0.15, 0.2) is 72.8 Å². The highest BCUT2D eigenvalue weighted by Crippen LogP contribution is 2.32. The van der Waals surface area contributed by atoms with Crippen LogP contribution in [0, 0.1) is 5.41 Å². The minimum Gasteiger partial charge on any atom is -0.504 e. The van der Waals surface area contributed by atoms with E-state index < -0.39 is 63.0 Å². The van der Waals surface area contributed by atoms with Crippen LogP contribution in [0.25, 0.3) is 18.2 Å². The van der Waals surface area contributed by atoms with Crippen LogP contribution in [0.3, 0.4) is 0 Å². The lowest BCUT2D eigenvalue weighted by molar-refractivity contribution is -0.150. The van der Waals surface area contributed by atoms with Gasteiger partial charge in [-0.05, 0) is 77.7 Å². The lowest BCUT2D eigenvalue weighted by atomic mass is 9.69. The van der Waals surface area contributed by atoms with Crippen molar-refractivity contribution in [3.05, 3.63) is 89.5 Å². The Balaban J connectivity index is 2.15. The second kappa shape index (κ2) is 15.2. The maximum atomic E-state index is 13.9. The molecule has 0 saturated carbocycles. The summed E-state index contributed by atoms with van der Waals surface area (Å²) in [7, 11) is 0. The van der Waals surface area contributed by atoms with Gasteiger partial charge < -0.3 is 30.6 Å². The van der Waals surface area contributed by atoms with E-state index in [9.17, 15) is 49.8 Å². The van der Waals surface area contributed by atoms with E-state index in [1.807, 2.05) is 6.92 Å². The predicted octanol–water partition coefficient (Wildman–Crippen LogP) is 5.59. The van der Waals surface area contributed by atoms with Gasteiger partial charge in [-0.2, -0.15) is 0 Å². The summed E-state index contributed by atoms with van der Waals surface area (Å²) < 4.78 is 0. The number of rotatable bonds is 15. The number of ketones is 4. The van der Waals surface area contributed by atoms with Crippen LogP contribution in [-0.2, 0) is 19.2 Å². The van der Waals surface area contributed by atoms with Crippen molar-refractivity contribution < 1.29 is 49.8 Å². The molecule has 0 aromatic heterocycles. The molecule has 0 unspecified atom stereocenters. The predicted molar refractivity (Wildman–Crippen MR) is 168 cm³/mol. The SMILES string of the molecule is CCCCCCC(=O)C(C(=O)C=Cc1ccc(O)c(O)c1)(C(=O)C=Cc1ccc(O)c(O)c1)C(=O)C=Cc1ccc(O)c(O)c1. The van der Waals surface area contributed by atoms with Crippen LogP contribution in [0.1, 0.15) is 55.7 Å². The molecule has 6 N–H and O–H groups in total. The molecule has 0 atom stereocenters. The molecule has 0 amide bonds. The summed E-state index contributed by atoms with van der Waals surface area (Å²) in [5.41, 5.74) is -2.17. The Labute approximate surface area is 259 Å². The average molecular weight is 615 g/mol. The van der Waals surface area contributed by atoms with E-state index >= 15 is 0 Å². The Morgan fingerprint density at radius 1 is 0.533 bits per heavy atom. The van der Waals surface area contributed by atoms with Crippen LogP contribution >= 0.6 is 0 Å². The molecule has 0 bridgehead atoms. The fourth-order valence-electron chi connectivity index (χ4n) is 4.50. The Hall–Kier alpha value is -5.64. The summed E-state index contributed by atoms with van der Waals surface area (Å²) in [6.45, 7) is 1.96. The topological polar surface area (TPSA) is 190 Å². The molecule has 0 spiro atoms. The van der Waals surface area contributed by atoms with Crippen molar-refractivity contribution in [1.29, 1.82) is 0 Å². The van der Waals surface area contributed by atoms with Crippen molar-refractivity contribution in [1.82, 2.24) is 0 Å². The second-order valence-corrected chi connectivity index (χ2v) is 10.3. The molecule has 0 aliphatic carbocycles. The Morgan fingerprint density at radius 3 is 1.20 bits per heavy atom. The quantitative estimate of drug-likeness (QED) is 0.0544. The van der Waals surface area contributed by atoms with Crippen molar-refractivity contribution >= 4 is 41.4 Å². The van der Waals surface area contributed by atoms with Crippen molar-refractivity contribution in [2.24, 2.45) is 5.41 Å². The first kappa shape index (κ1) is 33.9. The third-order valence-electron chi connectivity index (χ3n) is 7.06. The van der Waals surface area contributed by atoms with E-state index in [4.69, 9.17) is 0 Å². The number of allylic oxidation sites excluding steroid dienone is 3. The van der Waals surface area contributed by atoms with Crippen molar-refractivity contribution in [2.45, 2.75) is 39.0 Å². The Morgan fingerprint density at radius 2 is 0.889 bits per heavy atom. The summed E-state index contributed by atoms with van der Waals surface area (Å²) in [6.07, 6.45) is 8.49. The van der Waals surface area contributed by atoms with Gasteiger partial charge in [-0.25, -0.2) is 0 Å². The van der Waals surface area contributed by atoms with Crippen LogP contribution in [0.5, 0.6) is 34.5 Å². The molecule has 234 valence electrons. The fraction of sp³-hybridized carbons (Fsp3) is 0.200. The average Bonchev–Trinajstić information content (AvgIpc) is 3.01. The van der Waals surface area contributed by atoms with Crippen molar-refractivity contribution in [3.63, 3.8) is 0 Å². The molecule has 3 aromatic rings. The van der Waals surface area contributed by atoms with Gasteiger partial charge in [0.25, 0.3) is 0 Å². The van der Waals surface area contributed by atoms with E-state index in [2.05, 4.69) is 0 Å². The number of hydrogen-bond donors (Lipinski definition) is 6. The van der Waals surface area contributed by atoms with Gasteiger partial charge >= 0.3 is 0 Å². The fourth-order valence-corrected chi connectivity index (χ4v) is 4.50. The minimum absolute atomic E-state index is 0.230. The smallest absolute Gasteiger partial charge is 0.215 e. The van der Waals surface area contributed by atoms with Gasteiger partial charge in [0.15, 0.2) is 57.6 Å². The maximum absolute atomic E-state index is 13.9. The van der Waals surface area contributed by atoms with Crippen molar-refractivity contribution in [3.8, 4) is 34.5 Å². The number of carbonyl (C=O) groups is 4. The number of unbranched alkanes of at least 4 members (excludes halogenated alkanes) is 3. The first-order valence-electron chi connectivity index (χ1n) is 14.2. The molecule has 10 nitrogen and oxygen atoms in total. The number of Topliss-reactive ketones (excluding diaryl/α,β-unsaturated/α-hetero) is 1. The first-order chi connectivity index (χ1) is 21.4. The lowest BCUT2D eigenvalue weighted by Gasteiger charge is -2.25. The molecule has 45 heavy (non-hydrogen) atoms. The standard InChI is InChI=1S/C35H34O10/c1-2-3-4-5-6-31(42)35(32(43)16-10-22-7-13-25(36)28(39)19-22,33(44)17-11-23-8-14-26(37)29(40)20-23)34(45)18-12-24-9-15-27(38)30(41)21-24/h7-21,36-41H,2-6H2,1H3. The van der Waals surface area contributed by atoms with Gasteiger partial charge in [0.1, 0.15) is 0 Å². The Bertz CT molecular complexity index is 1500. The van der Waals surface area contributed by atoms with E-state index in [1.165, 1.54) is 54.6 Å². The third kappa shape index (κ3) is 8.26. The van der Waals surface area contributed by atoms with Crippen LogP contribution in [0.4, 0.5) is 0 Å². The maximum Gasteiger partial charge on any atom is 0.215 e. The van der Waals surface area contributed by atoms with Crippen LogP contribution in [-0.4, -0.2) is 53.8 Å². The summed E-state index contributed by atoms with van der Waals surface area (Å²) in [5, 5.41) is 58.4. The van der Waals surface area contributed by atoms with Gasteiger partial charge in [0, 0.05) is 6.42 Å². The molecule has 0 radical (unpaired) electrons. The molecular weight excluding hydrogens is 580 g/mol. The van der Waals surface area contributed by atoms with E-state index in [0.717, 1.165) is 49.3 Å².